The number of nitrogens with one attached hydrogen (secondary N) is 2. The van der Waals surface area contributed by atoms with Gasteiger partial charge in [-0.2, -0.15) is 13.2 Å². The lowest BCUT2D eigenvalue weighted by atomic mass is 10.2. The molecule has 214 valence electrons. The number of thiocarbonyl (C=S) groups is 1. The molecule has 41 heavy (non-hydrogen) atoms. The molecule has 0 radical (unpaired) electrons. The van der Waals surface area contributed by atoms with E-state index in [-0.39, 0.29) is 52.9 Å². The summed E-state index contributed by atoms with van der Waals surface area (Å²) >= 11 is 5.34. The number of amides is 4. The van der Waals surface area contributed by atoms with E-state index in [0.717, 1.165) is 31.0 Å². The molecule has 2 fully saturated rings. The SMILES string of the molecule is O=C(Nc1cc(Oc2ccc(NC(=O)N3CCN(c4cccc(C(F)(F)F)c4)C3=S)cc2F)ccn1)N1CCCC1. The fraction of sp³-hybridized carbons (Fsp3) is 0.259. The zero-order valence-corrected chi connectivity index (χ0v) is 22.3. The van der Waals surface area contributed by atoms with Gasteiger partial charge in [-0.25, -0.2) is 19.0 Å². The van der Waals surface area contributed by atoms with Crippen molar-refractivity contribution in [2.24, 2.45) is 0 Å². The van der Waals surface area contributed by atoms with Crippen molar-refractivity contribution < 1.29 is 31.9 Å². The second-order valence-corrected chi connectivity index (χ2v) is 9.68. The summed E-state index contributed by atoms with van der Waals surface area (Å²) in [5.41, 5.74) is -0.496. The molecule has 0 spiro atoms. The molecule has 0 unspecified atom stereocenters. The molecule has 4 amide bonds. The van der Waals surface area contributed by atoms with E-state index in [1.54, 1.807) is 4.90 Å². The van der Waals surface area contributed by atoms with Crippen LogP contribution in [0.1, 0.15) is 18.4 Å². The van der Waals surface area contributed by atoms with E-state index in [1.807, 2.05) is 0 Å². The van der Waals surface area contributed by atoms with Gasteiger partial charge in [0.05, 0.1) is 5.56 Å². The molecule has 14 heteroatoms. The van der Waals surface area contributed by atoms with Gasteiger partial charge in [-0.05, 0) is 61.5 Å². The van der Waals surface area contributed by atoms with E-state index < -0.39 is 23.6 Å². The lowest BCUT2D eigenvalue weighted by Gasteiger charge is -2.22. The Labute approximate surface area is 237 Å². The number of halogens is 4. The van der Waals surface area contributed by atoms with E-state index in [4.69, 9.17) is 17.0 Å². The Morgan fingerprint density at radius 2 is 1.71 bits per heavy atom. The van der Waals surface area contributed by atoms with E-state index in [1.165, 1.54) is 52.4 Å². The minimum absolute atomic E-state index is 0.0209. The van der Waals surface area contributed by atoms with Gasteiger partial charge >= 0.3 is 18.2 Å². The molecule has 2 saturated heterocycles. The smallest absolute Gasteiger partial charge is 0.416 e. The third kappa shape index (κ3) is 6.48. The van der Waals surface area contributed by atoms with Crippen LogP contribution in [0.15, 0.2) is 60.8 Å². The molecule has 2 aromatic carbocycles. The van der Waals surface area contributed by atoms with Crippen LogP contribution in [0.5, 0.6) is 11.5 Å². The van der Waals surface area contributed by atoms with Crippen molar-refractivity contribution in [3.05, 3.63) is 72.2 Å². The van der Waals surface area contributed by atoms with Crippen LogP contribution >= 0.6 is 12.2 Å². The number of carbonyl (C=O) groups is 2. The molecule has 0 saturated carbocycles. The van der Waals surface area contributed by atoms with Gasteiger partial charge in [0.15, 0.2) is 16.7 Å². The number of alkyl halides is 3. The van der Waals surface area contributed by atoms with Gasteiger partial charge < -0.3 is 19.9 Å². The van der Waals surface area contributed by atoms with E-state index >= 15 is 0 Å². The molecule has 0 aliphatic carbocycles. The number of pyridine rings is 1. The normalized spacial score (nSPS) is 15.3. The lowest BCUT2D eigenvalue weighted by Crippen LogP contribution is -2.38. The molecule has 2 N–H and O–H groups in total. The number of aromatic nitrogens is 1. The maximum absolute atomic E-state index is 14.9. The number of anilines is 3. The summed E-state index contributed by atoms with van der Waals surface area (Å²) in [6, 6.07) is 10.5. The van der Waals surface area contributed by atoms with Crippen molar-refractivity contribution in [1.82, 2.24) is 14.8 Å². The van der Waals surface area contributed by atoms with Crippen LogP contribution in [-0.4, -0.2) is 58.1 Å². The Morgan fingerprint density at radius 1 is 0.927 bits per heavy atom. The Balaban J connectivity index is 1.20. The molecule has 9 nitrogen and oxygen atoms in total. The fourth-order valence-electron chi connectivity index (χ4n) is 4.45. The zero-order chi connectivity index (χ0) is 29.1. The summed E-state index contributed by atoms with van der Waals surface area (Å²) in [5.74, 6) is -0.399. The largest absolute Gasteiger partial charge is 0.454 e. The van der Waals surface area contributed by atoms with Crippen LogP contribution in [0.2, 0.25) is 0 Å². The molecule has 3 heterocycles. The first kappa shape index (κ1) is 28.1. The molecule has 2 aliphatic heterocycles. The van der Waals surface area contributed by atoms with Crippen LogP contribution in [0.25, 0.3) is 0 Å². The second kappa shape index (κ2) is 11.6. The number of hydrogen-bond acceptors (Lipinski definition) is 5. The number of likely N-dealkylation sites (tertiary alicyclic amines) is 1. The Kier molecular flexibility index (Phi) is 7.92. The van der Waals surface area contributed by atoms with Crippen LogP contribution in [-0.2, 0) is 6.18 Å². The minimum Gasteiger partial charge on any atom is -0.454 e. The molecule has 2 aliphatic rings. The molecule has 0 bridgehead atoms. The topological polar surface area (TPSA) is 90.0 Å². The average molecular weight is 589 g/mol. The highest BCUT2D eigenvalue weighted by Gasteiger charge is 2.34. The number of benzene rings is 2. The number of nitrogens with zero attached hydrogens (tertiary/aromatic N) is 4. The number of hydrogen-bond donors (Lipinski definition) is 2. The number of urea groups is 2. The quantitative estimate of drug-likeness (QED) is 0.269. The zero-order valence-electron chi connectivity index (χ0n) is 21.4. The van der Waals surface area contributed by atoms with Crippen LogP contribution in [0, 0.1) is 5.82 Å². The summed E-state index contributed by atoms with van der Waals surface area (Å²) < 4.78 is 59.8. The fourth-order valence-corrected chi connectivity index (χ4v) is 4.82. The summed E-state index contributed by atoms with van der Waals surface area (Å²) in [6.07, 6.45) is -1.20. The van der Waals surface area contributed by atoms with Crippen molar-refractivity contribution in [3.8, 4) is 11.5 Å². The van der Waals surface area contributed by atoms with Gasteiger partial charge in [-0.15, -0.1) is 0 Å². The molecular formula is C27H24F4N6O3S. The molecule has 5 rings (SSSR count). The van der Waals surface area contributed by atoms with Gasteiger partial charge in [0.1, 0.15) is 11.6 Å². The number of carbonyl (C=O) groups excluding carboxylic acids is 2. The van der Waals surface area contributed by atoms with Crippen molar-refractivity contribution in [1.29, 1.82) is 0 Å². The third-order valence-electron chi connectivity index (χ3n) is 6.51. The van der Waals surface area contributed by atoms with E-state index in [2.05, 4.69) is 15.6 Å². The summed E-state index contributed by atoms with van der Waals surface area (Å²) in [4.78, 5) is 33.6. The van der Waals surface area contributed by atoms with Crippen LogP contribution in [0.4, 0.5) is 44.3 Å². The van der Waals surface area contributed by atoms with Gasteiger partial charge in [0.25, 0.3) is 0 Å². The maximum Gasteiger partial charge on any atom is 0.416 e. The van der Waals surface area contributed by atoms with Gasteiger partial charge in [-0.1, -0.05) is 6.07 Å². The standard InChI is InChI=1S/C27H24F4N6O3S/c28-21-15-18(6-7-22(21)40-20-8-9-32-23(16-20)34-24(38)35-10-1-2-11-35)33-25(39)37-13-12-36(26(37)41)19-5-3-4-17(14-19)27(29,30)31/h3-9,14-16H,1-2,10-13H2,(H,33,39)(H,32,34,38). The van der Waals surface area contributed by atoms with Crippen LogP contribution < -0.4 is 20.3 Å². The lowest BCUT2D eigenvalue weighted by molar-refractivity contribution is -0.137. The first-order valence-corrected chi connectivity index (χ1v) is 13.1. The highest BCUT2D eigenvalue weighted by Crippen LogP contribution is 2.33. The first-order chi connectivity index (χ1) is 19.6. The van der Waals surface area contributed by atoms with E-state index in [0.29, 0.717) is 13.1 Å². The Hall–Kier alpha value is -4.46. The van der Waals surface area contributed by atoms with Crippen molar-refractivity contribution in [3.63, 3.8) is 0 Å². The second-order valence-electron chi connectivity index (χ2n) is 9.31. The predicted molar refractivity (Wildman–Crippen MR) is 148 cm³/mol. The predicted octanol–water partition coefficient (Wildman–Crippen LogP) is 6.30. The average Bonchev–Trinajstić information content (AvgIpc) is 3.60. The Bertz CT molecular complexity index is 1480. The Morgan fingerprint density at radius 3 is 2.44 bits per heavy atom. The van der Waals surface area contributed by atoms with E-state index in [9.17, 15) is 27.2 Å². The van der Waals surface area contributed by atoms with Gasteiger partial charge in [0, 0.05) is 55.9 Å². The molecule has 3 aromatic rings. The first-order valence-electron chi connectivity index (χ1n) is 12.7. The third-order valence-corrected chi connectivity index (χ3v) is 6.95. The van der Waals surface area contributed by atoms with Gasteiger partial charge in [-0.3, -0.25) is 10.2 Å². The summed E-state index contributed by atoms with van der Waals surface area (Å²) in [6.45, 7) is 1.67. The summed E-state index contributed by atoms with van der Waals surface area (Å²) in [7, 11) is 0. The maximum atomic E-state index is 14.9. The van der Waals surface area contributed by atoms with Crippen LogP contribution in [0.3, 0.4) is 0 Å². The van der Waals surface area contributed by atoms with Crippen molar-refractivity contribution >= 4 is 46.6 Å². The highest BCUT2D eigenvalue weighted by molar-refractivity contribution is 7.80. The molecule has 1 aromatic heterocycles. The number of rotatable bonds is 5. The monoisotopic (exact) mass is 588 g/mol. The highest BCUT2D eigenvalue weighted by atomic mass is 32.1. The summed E-state index contributed by atoms with van der Waals surface area (Å²) in [5, 5.41) is 5.26. The van der Waals surface area contributed by atoms with Gasteiger partial charge in [0.2, 0.25) is 0 Å². The number of ether oxygens (including phenoxy) is 1. The van der Waals surface area contributed by atoms with Crippen molar-refractivity contribution in [2.75, 3.05) is 41.7 Å². The van der Waals surface area contributed by atoms with Crippen molar-refractivity contribution in [2.45, 2.75) is 19.0 Å². The minimum atomic E-state index is -4.52. The molecular weight excluding hydrogens is 564 g/mol. The molecule has 0 atom stereocenters.